The van der Waals surface area contributed by atoms with Gasteiger partial charge in [-0.1, -0.05) is 15.9 Å². The molecule has 1 nitrogen and oxygen atoms in total. The maximum Gasteiger partial charge on any atom is 0.0331 e. The van der Waals surface area contributed by atoms with E-state index in [4.69, 9.17) is 0 Å². The van der Waals surface area contributed by atoms with Crippen LogP contribution in [0, 0.1) is 0 Å². The molecule has 2 N–H and O–H groups in total. The van der Waals surface area contributed by atoms with E-state index >= 15 is 0 Å². The number of halogens is 3. The van der Waals surface area contributed by atoms with E-state index in [-0.39, 0.29) is 5.48 Å². The molecule has 0 aliphatic heterocycles. The van der Waals surface area contributed by atoms with Crippen LogP contribution in [0.25, 0.3) is 0 Å². The SMILES string of the molecule is O.Sc1c(Br)cc(Br)cc1Br. The van der Waals surface area contributed by atoms with Gasteiger partial charge in [0.2, 0.25) is 0 Å². The Hall–Kier alpha value is 0.970. The molecular weight excluding hydrogens is 360 g/mol. The summed E-state index contributed by atoms with van der Waals surface area (Å²) in [7, 11) is 0. The molecule has 0 saturated carbocycles. The van der Waals surface area contributed by atoms with Gasteiger partial charge in [0.05, 0.1) is 0 Å². The maximum atomic E-state index is 4.24. The molecule has 0 fully saturated rings. The molecule has 0 bridgehead atoms. The van der Waals surface area contributed by atoms with Crippen molar-refractivity contribution in [2.45, 2.75) is 4.90 Å². The van der Waals surface area contributed by atoms with Gasteiger partial charge in [-0.05, 0) is 44.0 Å². The number of rotatable bonds is 0. The van der Waals surface area contributed by atoms with E-state index in [2.05, 4.69) is 60.4 Å². The third kappa shape index (κ3) is 3.06. The first-order chi connectivity index (χ1) is 4.61. The lowest BCUT2D eigenvalue weighted by Crippen LogP contribution is -1.73. The monoisotopic (exact) mass is 362 g/mol. The highest BCUT2D eigenvalue weighted by Crippen LogP contribution is 2.31. The van der Waals surface area contributed by atoms with Gasteiger partial charge >= 0.3 is 0 Å². The van der Waals surface area contributed by atoms with Crippen molar-refractivity contribution in [3.8, 4) is 0 Å². The topological polar surface area (TPSA) is 31.5 Å². The van der Waals surface area contributed by atoms with Crippen LogP contribution >= 0.6 is 60.4 Å². The summed E-state index contributed by atoms with van der Waals surface area (Å²) < 4.78 is 3.00. The van der Waals surface area contributed by atoms with Crippen LogP contribution in [0.1, 0.15) is 0 Å². The summed E-state index contributed by atoms with van der Waals surface area (Å²) in [5.74, 6) is 0. The molecular formula is C6H5Br3OS. The van der Waals surface area contributed by atoms with Gasteiger partial charge in [-0.2, -0.15) is 0 Å². The standard InChI is InChI=1S/C6H3Br3S.H2O/c7-3-1-4(8)6(10)5(9)2-3;/h1-2,10H;1H2. The first-order valence-electron chi connectivity index (χ1n) is 2.45. The Morgan fingerprint density at radius 2 is 1.36 bits per heavy atom. The Morgan fingerprint density at radius 3 is 1.73 bits per heavy atom. The zero-order chi connectivity index (χ0) is 7.72. The Morgan fingerprint density at radius 1 is 1.00 bits per heavy atom. The Balaban J connectivity index is 0.000001000. The van der Waals surface area contributed by atoms with Crippen LogP contribution in [-0.2, 0) is 0 Å². The Kier molecular flexibility index (Phi) is 5.29. The molecule has 11 heavy (non-hydrogen) atoms. The van der Waals surface area contributed by atoms with E-state index in [1.807, 2.05) is 12.1 Å². The Bertz CT molecular complexity index is 241. The van der Waals surface area contributed by atoms with E-state index in [0.29, 0.717) is 0 Å². The zero-order valence-corrected chi connectivity index (χ0v) is 10.9. The molecule has 0 aliphatic rings. The van der Waals surface area contributed by atoms with Crippen molar-refractivity contribution in [2.24, 2.45) is 0 Å². The summed E-state index contributed by atoms with van der Waals surface area (Å²) in [5, 5.41) is 0. The molecule has 1 rings (SSSR count). The quantitative estimate of drug-likeness (QED) is 0.684. The van der Waals surface area contributed by atoms with Gasteiger partial charge in [0, 0.05) is 18.3 Å². The normalized spacial score (nSPS) is 9.09. The van der Waals surface area contributed by atoms with Crippen molar-refractivity contribution in [1.82, 2.24) is 0 Å². The van der Waals surface area contributed by atoms with Crippen LogP contribution in [0.15, 0.2) is 30.4 Å². The lowest BCUT2D eigenvalue weighted by Gasteiger charge is -1.99. The molecule has 0 saturated heterocycles. The van der Waals surface area contributed by atoms with Gasteiger partial charge in [-0.3, -0.25) is 0 Å². The summed E-state index contributed by atoms with van der Waals surface area (Å²) in [5.41, 5.74) is 0. The molecule has 0 heterocycles. The molecule has 62 valence electrons. The van der Waals surface area contributed by atoms with E-state index in [1.54, 1.807) is 0 Å². The second-order valence-corrected chi connectivity index (χ2v) is 4.79. The largest absolute Gasteiger partial charge is 0.412 e. The van der Waals surface area contributed by atoms with E-state index < -0.39 is 0 Å². The van der Waals surface area contributed by atoms with Crippen molar-refractivity contribution in [3.63, 3.8) is 0 Å². The molecule has 0 radical (unpaired) electrons. The minimum atomic E-state index is 0. The molecule has 1 aromatic carbocycles. The van der Waals surface area contributed by atoms with E-state index in [1.165, 1.54) is 0 Å². The highest BCUT2D eigenvalue weighted by atomic mass is 79.9. The van der Waals surface area contributed by atoms with Crippen LogP contribution in [0.3, 0.4) is 0 Å². The average Bonchev–Trinajstić information content (AvgIpc) is 1.82. The van der Waals surface area contributed by atoms with Crippen molar-refractivity contribution in [1.29, 1.82) is 0 Å². The molecule has 0 aliphatic carbocycles. The average molecular weight is 365 g/mol. The minimum absolute atomic E-state index is 0. The van der Waals surface area contributed by atoms with Gasteiger partial charge < -0.3 is 5.48 Å². The third-order valence-electron chi connectivity index (χ3n) is 0.982. The van der Waals surface area contributed by atoms with Crippen molar-refractivity contribution >= 4 is 60.4 Å². The van der Waals surface area contributed by atoms with Crippen LogP contribution in [0.5, 0.6) is 0 Å². The first kappa shape index (κ1) is 12.0. The second-order valence-electron chi connectivity index (χ2n) is 1.72. The van der Waals surface area contributed by atoms with Crippen LogP contribution < -0.4 is 0 Å². The molecule has 5 heteroatoms. The van der Waals surface area contributed by atoms with Crippen molar-refractivity contribution in [2.75, 3.05) is 0 Å². The fraction of sp³-hybridized carbons (Fsp3) is 0. The second kappa shape index (κ2) is 4.87. The number of hydrogen-bond donors (Lipinski definition) is 1. The van der Waals surface area contributed by atoms with Gasteiger partial charge in [-0.25, -0.2) is 0 Å². The molecule has 1 aromatic rings. The summed E-state index contributed by atoms with van der Waals surface area (Å²) in [4.78, 5) is 0.920. The van der Waals surface area contributed by atoms with Crippen molar-refractivity contribution in [3.05, 3.63) is 25.6 Å². The van der Waals surface area contributed by atoms with Gasteiger partial charge in [0.25, 0.3) is 0 Å². The van der Waals surface area contributed by atoms with Crippen molar-refractivity contribution < 1.29 is 5.48 Å². The van der Waals surface area contributed by atoms with Crippen LogP contribution in [-0.4, -0.2) is 5.48 Å². The first-order valence-corrected chi connectivity index (χ1v) is 5.27. The summed E-state index contributed by atoms with van der Waals surface area (Å²) in [6.45, 7) is 0. The minimum Gasteiger partial charge on any atom is -0.412 e. The number of benzene rings is 1. The number of thiol groups is 1. The lowest BCUT2D eigenvalue weighted by molar-refractivity contribution is 0.824. The number of hydrogen-bond acceptors (Lipinski definition) is 1. The highest BCUT2D eigenvalue weighted by molar-refractivity contribution is 9.11. The zero-order valence-electron chi connectivity index (χ0n) is 5.24. The van der Waals surface area contributed by atoms with E-state index in [9.17, 15) is 0 Å². The summed E-state index contributed by atoms with van der Waals surface area (Å²) >= 11 is 14.3. The molecule has 0 unspecified atom stereocenters. The predicted octanol–water partition coefficient (Wildman–Crippen LogP) is 3.44. The fourth-order valence-corrected chi connectivity index (χ4v) is 2.92. The molecule has 0 aromatic heterocycles. The van der Waals surface area contributed by atoms with Gasteiger partial charge in [-0.15, -0.1) is 12.6 Å². The molecule has 0 amide bonds. The smallest absolute Gasteiger partial charge is 0.0331 e. The highest BCUT2D eigenvalue weighted by Gasteiger charge is 2.00. The third-order valence-corrected chi connectivity index (χ3v) is 3.78. The van der Waals surface area contributed by atoms with Crippen LogP contribution in [0.2, 0.25) is 0 Å². The molecule has 0 atom stereocenters. The maximum absolute atomic E-state index is 4.24. The summed E-state index contributed by atoms with van der Waals surface area (Å²) in [6.07, 6.45) is 0. The Labute approximate surface area is 95.7 Å². The molecule has 0 spiro atoms. The lowest BCUT2D eigenvalue weighted by atomic mass is 10.4. The van der Waals surface area contributed by atoms with E-state index in [0.717, 1.165) is 18.3 Å². The predicted molar refractivity (Wildman–Crippen MR) is 60.4 cm³/mol. The van der Waals surface area contributed by atoms with Crippen LogP contribution in [0.4, 0.5) is 0 Å². The summed E-state index contributed by atoms with van der Waals surface area (Å²) in [6, 6.07) is 3.90. The van der Waals surface area contributed by atoms with Gasteiger partial charge in [0.15, 0.2) is 0 Å². The van der Waals surface area contributed by atoms with Gasteiger partial charge in [0.1, 0.15) is 0 Å². The fourth-order valence-electron chi connectivity index (χ4n) is 0.535.